The molecule has 1 N–H and O–H groups in total. The molecule has 0 aromatic carbocycles. The van der Waals surface area contributed by atoms with Crippen molar-refractivity contribution in [1.82, 2.24) is 19.8 Å². The van der Waals surface area contributed by atoms with Gasteiger partial charge in [0, 0.05) is 44.8 Å². The lowest BCUT2D eigenvalue weighted by atomic mass is 10.2. The topological polar surface area (TPSA) is 69.3 Å². The maximum Gasteiger partial charge on any atom is 0.272 e. The molecule has 1 fully saturated rings. The van der Waals surface area contributed by atoms with E-state index in [1.165, 1.54) is 0 Å². The lowest BCUT2D eigenvalue weighted by molar-refractivity contribution is 0.0532. The summed E-state index contributed by atoms with van der Waals surface area (Å²) in [4.78, 5) is 34.9. The van der Waals surface area contributed by atoms with Crippen molar-refractivity contribution in [2.45, 2.75) is 0 Å². The van der Waals surface area contributed by atoms with Gasteiger partial charge < -0.3 is 14.8 Å². The highest BCUT2D eigenvalue weighted by molar-refractivity contribution is 5.95. The minimum atomic E-state index is -0.0793. The van der Waals surface area contributed by atoms with E-state index in [1.807, 2.05) is 0 Å². The maximum absolute atomic E-state index is 12.3. The summed E-state index contributed by atoms with van der Waals surface area (Å²) >= 11 is 0. The van der Waals surface area contributed by atoms with E-state index in [4.69, 9.17) is 0 Å². The zero-order valence-corrected chi connectivity index (χ0v) is 11.5. The number of amides is 2. The second kappa shape index (κ2) is 5.78. The van der Waals surface area contributed by atoms with E-state index in [0.717, 1.165) is 0 Å². The third-order valence-electron chi connectivity index (χ3n) is 3.58. The molecular formula is C15H16N4O2. The van der Waals surface area contributed by atoms with E-state index < -0.39 is 0 Å². The Morgan fingerprint density at radius 3 is 2.29 bits per heavy atom. The van der Waals surface area contributed by atoms with Crippen LogP contribution < -0.4 is 0 Å². The van der Waals surface area contributed by atoms with Crippen molar-refractivity contribution >= 4 is 11.8 Å². The highest BCUT2D eigenvalue weighted by Gasteiger charge is 2.25. The molecule has 6 heteroatoms. The van der Waals surface area contributed by atoms with Crippen LogP contribution in [0.15, 0.2) is 42.9 Å². The normalized spacial score (nSPS) is 15.0. The number of aromatic nitrogens is 2. The summed E-state index contributed by atoms with van der Waals surface area (Å²) in [5.74, 6) is -0.0782. The molecule has 0 radical (unpaired) electrons. The average molecular weight is 284 g/mol. The van der Waals surface area contributed by atoms with Gasteiger partial charge in [0.25, 0.3) is 11.8 Å². The van der Waals surface area contributed by atoms with Gasteiger partial charge in [-0.2, -0.15) is 0 Å². The standard InChI is InChI=1S/C15H16N4O2/c20-14(12-4-6-16-11-12)18-7-9-19(10-8-18)15(21)13-3-1-2-5-17-13/h1-6,11,16H,7-10H2. The van der Waals surface area contributed by atoms with Gasteiger partial charge in [-0.05, 0) is 18.2 Å². The Morgan fingerprint density at radius 2 is 1.71 bits per heavy atom. The molecule has 1 aliphatic rings. The van der Waals surface area contributed by atoms with Crippen LogP contribution in [0.1, 0.15) is 20.8 Å². The summed E-state index contributed by atoms with van der Waals surface area (Å²) in [5.41, 5.74) is 1.10. The molecule has 1 aliphatic heterocycles. The molecule has 2 aromatic heterocycles. The fourth-order valence-corrected chi connectivity index (χ4v) is 2.40. The Kier molecular flexibility index (Phi) is 3.68. The first-order valence-corrected chi connectivity index (χ1v) is 6.88. The van der Waals surface area contributed by atoms with E-state index in [-0.39, 0.29) is 11.8 Å². The van der Waals surface area contributed by atoms with E-state index >= 15 is 0 Å². The lowest BCUT2D eigenvalue weighted by Crippen LogP contribution is -2.50. The fraction of sp³-hybridized carbons (Fsp3) is 0.267. The number of H-pyrrole nitrogens is 1. The minimum Gasteiger partial charge on any atom is -0.367 e. The second-order valence-electron chi connectivity index (χ2n) is 4.90. The van der Waals surface area contributed by atoms with Crippen molar-refractivity contribution in [3.63, 3.8) is 0 Å². The highest BCUT2D eigenvalue weighted by Crippen LogP contribution is 2.10. The van der Waals surface area contributed by atoms with Crippen LogP contribution in [-0.4, -0.2) is 57.8 Å². The molecule has 0 atom stereocenters. The third-order valence-corrected chi connectivity index (χ3v) is 3.58. The summed E-state index contributed by atoms with van der Waals surface area (Å²) in [6.45, 7) is 2.16. The predicted molar refractivity (Wildman–Crippen MR) is 76.8 cm³/mol. The summed E-state index contributed by atoms with van der Waals surface area (Å²) < 4.78 is 0. The first-order chi connectivity index (χ1) is 10.3. The predicted octanol–water partition coefficient (Wildman–Crippen LogP) is 1.01. The number of nitrogens with one attached hydrogen (secondary N) is 1. The Labute approximate surface area is 122 Å². The largest absolute Gasteiger partial charge is 0.367 e. The molecule has 2 amide bonds. The van der Waals surface area contributed by atoms with E-state index in [9.17, 15) is 9.59 Å². The highest BCUT2D eigenvalue weighted by atomic mass is 16.2. The van der Waals surface area contributed by atoms with Crippen LogP contribution in [0, 0.1) is 0 Å². The van der Waals surface area contributed by atoms with Crippen LogP contribution in [0.5, 0.6) is 0 Å². The van der Waals surface area contributed by atoms with Gasteiger partial charge in [-0.25, -0.2) is 0 Å². The van der Waals surface area contributed by atoms with Gasteiger partial charge in [-0.1, -0.05) is 6.07 Å². The van der Waals surface area contributed by atoms with Crippen LogP contribution in [0.4, 0.5) is 0 Å². The molecule has 108 valence electrons. The maximum atomic E-state index is 12.3. The summed E-state index contributed by atoms with van der Waals surface area (Å²) in [7, 11) is 0. The first-order valence-electron chi connectivity index (χ1n) is 6.88. The number of carbonyl (C=O) groups excluding carboxylic acids is 2. The molecular weight excluding hydrogens is 268 g/mol. The van der Waals surface area contributed by atoms with Gasteiger partial charge in [-0.3, -0.25) is 14.6 Å². The first kappa shape index (κ1) is 13.4. The van der Waals surface area contributed by atoms with Crippen molar-refractivity contribution in [1.29, 1.82) is 0 Å². The Balaban J connectivity index is 1.60. The van der Waals surface area contributed by atoms with E-state index in [1.54, 1.807) is 52.7 Å². The molecule has 0 aliphatic carbocycles. The molecule has 21 heavy (non-hydrogen) atoms. The molecule has 3 heterocycles. The monoisotopic (exact) mass is 284 g/mol. The van der Waals surface area contributed by atoms with Crippen molar-refractivity contribution in [3.8, 4) is 0 Å². The molecule has 0 bridgehead atoms. The van der Waals surface area contributed by atoms with E-state index in [0.29, 0.717) is 37.4 Å². The SMILES string of the molecule is O=C(c1cc[nH]c1)N1CCN(C(=O)c2ccccn2)CC1. The number of hydrogen-bond acceptors (Lipinski definition) is 3. The number of hydrogen-bond donors (Lipinski definition) is 1. The molecule has 6 nitrogen and oxygen atoms in total. The lowest BCUT2D eigenvalue weighted by Gasteiger charge is -2.34. The van der Waals surface area contributed by atoms with Crippen LogP contribution in [0.2, 0.25) is 0 Å². The van der Waals surface area contributed by atoms with Gasteiger partial charge in [-0.15, -0.1) is 0 Å². The number of rotatable bonds is 2. The average Bonchev–Trinajstić information content (AvgIpc) is 3.09. The van der Waals surface area contributed by atoms with Crippen LogP contribution in [0.3, 0.4) is 0 Å². The van der Waals surface area contributed by atoms with Gasteiger partial charge in [0.05, 0.1) is 5.56 Å². The zero-order chi connectivity index (χ0) is 14.7. The third kappa shape index (κ3) is 2.79. The number of aromatic amines is 1. The minimum absolute atomic E-state index is 0.00110. The van der Waals surface area contributed by atoms with Crippen molar-refractivity contribution in [2.24, 2.45) is 0 Å². The summed E-state index contributed by atoms with van der Waals surface area (Å²) in [6.07, 6.45) is 5.03. The van der Waals surface area contributed by atoms with Gasteiger partial charge in [0.2, 0.25) is 0 Å². The second-order valence-corrected chi connectivity index (χ2v) is 4.90. The van der Waals surface area contributed by atoms with Gasteiger partial charge >= 0.3 is 0 Å². The Morgan fingerprint density at radius 1 is 1.00 bits per heavy atom. The fourth-order valence-electron chi connectivity index (χ4n) is 2.40. The smallest absolute Gasteiger partial charge is 0.272 e. The Bertz CT molecular complexity index is 616. The van der Waals surface area contributed by atoms with Crippen LogP contribution in [-0.2, 0) is 0 Å². The van der Waals surface area contributed by atoms with Gasteiger partial charge in [0.15, 0.2) is 0 Å². The Hall–Kier alpha value is -2.63. The molecule has 0 saturated carbocycles. The number of carbonyl (C=O) groups is 2. The van der Waals surface area contributed by atoms with Crippen LogP contribution in [0.25, 0.3) is 0 Å². The quantitative estimate of drug-likeness (QED) is 0.894. The summed E-state index contributed by atoms with van der Waals surface area (Å²) in [5, 5.41) is 0. The molecule has 0 spiro atoms. The van der Waals surface area contributed by atoms with Crippen molar-refractivity contribution in [3.05, 3.63) is 54.1 Å². The number of pyridine rings is 1. The molecule has 3 rings (SSSR count). The molecule has 2 aromatic rings. The summed E-state index contributed by atoms with van der Waals surface area (Å²) in [6, 6.07) is 7.05. The van der Waals surface area contributed by atoms with Crippen molar-refractivity contribution in [2.75, 3.05) is 26.2 Å². The van der Waals surface area contributed by atoms with Crippen molar-refractivity contribution < 1.29 is 9.59 Å². The molecule has 1 saturated heterocycles. The van der Waals surface area contributed by atoms with E-state index in [2.05, 4.69) is 9.97 Å². The molecule has 0 unspecified atom stereocenters. The number of nitrogens with zero attached hydrogens (tertiary/aromatic N) is 3. The number of piperazine rings is 1. The van der Waals surface area contributed by atoms with Crippen LogP contribution >= 0.6 is 0 Å². The van der Waals surface area contributed by atoms with Gasteiger partial charge in [0.1, 0.15) is 5.69 Å². The zero-order valence-electron chi connectivity index (χ0n) is 11.5.